The lowest BCUT2D eigenvalue weighted by Crippen LogP contribution is -2.30. The number of likely N-dealkylation sites (tertiary alicyclic amines) is 1. The smallest absolute Gasteiger partial charge is 0.394 e. The molecule has 0 bridgehead atoms. The summed E-state index contributed by atoms with van der Waals surface area (Å²) in [5, 5.41) is 0. The van der Waals surface area contributed by atoms with Gasteiger partial charge in [-0.15, -0.1) is 0 Å². The standard InChI is InChI=1S/C13H16N2O2/c1-15-8-4-5-10(15)9-16-13-14-11-6-2-3-7-12(11)17-13/h2-3,6-7,10H,4-5,8-9H2,1H3/t10-/m1/s1. The van der Waals surface area contributed by atoms with Crippen molar-refractivity contribution in [3.8, 4) is 6.08 Å². The van der Waals surface area contributed by atoms with E-state index in [0.29, 0.717) is 18.7 Å². The number of nitrogens with zero attached hydrogens (tertiary/aromatic N) is 2. The highest BCUT2D eigenvalue weighted by molar-refractivity contribution is 5.72. The molecule has 1 saturated heterocycles. The molecule has 0 amide bonds. The van der Waals surface area contributed by atoms with Gasteiger partial charge in [0.1, 0.15) is 12.1 Å². The van der Waals surface area contributed by atoms with E-state index in [1.54, 1.807) is 0 Å². The van der Waals surface area contributed by atoms with Crippen molar-refractivity contribution in [1.82, 2.24) is 9.88 Å². The molecule has 1 atom stereocenters. The summed E-state index contributed by atoms with van der Waals surface area (Å²) in [6, 6.07) is 8.19. The monoisotopic (exact) mass is 232 g/mol. The van der Waals surface area contributed by atoms with Crippen LogP contribution in [0.1, 0.15) is 12.8 Å². The summed E-state index contributed by atoms with van der Waals surface area (Å²) < 4.78 is 11.1. The third-order valence-corrected chi connectivity index (χ3v) is 3.34. The van der Waals surface area contributed by atoms with Crippen molar-refractivity contribution in [2.24, 2.45) is 0 Å². The van der Waals surface area contributed by atoms with E-state index < -0.39 is 0 Å². The Kier molecular flexibility index (Phi) is 2.73. The second-order valence-electron chi connectivity index (χ2n) is 4.54. The molecule has 0 spiro atoms. The maximum atomic E-state index is 5.63. The highest BCUT2D eigenvalue weighted by Gasteiger charge is 2.22. The van der Waals surface area contributed by atoms with Crippen LogP contribution in [-0.4, -0.2) is 36.1 Å². The van der Waals surface area contributed by atoms with Crippen LogP contribution < -0.4 is 4.74 Å². The van der Waals surface area contributed by atoms with Crippen LogP contribution in [0, 0.1) is 0 Å². The number of benzene rings is 1. The quantitative estimate of drug-likeness (QED) is 0.814. The fraction of sp³-hybridized carbons (Fsp3) is 0.462. The molecule has 0 N–H and O–H groups in total. The number of fused-ring (bicyclic) bond motifs is 1. The van der Waals surface area contributed by atoms with E-state index >= 15 is 0 Å². The fourth-order valence-corrected chi connectivity index (χ4v) is 2.27. The molecule has 2 aromatic rings. The molecule has 17 heavy (non-hydrogen) atoms. The van der Waals surface area contributed by atoms with Crippen molar-refractivity contribution in [2.75, 3.05) is 20.2 Å². The van der Waals surface area contributed by atoms with Crippen molar-refractivity contribution in [3.05, 3.63) is 24.3 Å². The molecule has 1 aliphatic heterocycles. The lowest BCUT2D eigenvalue weighted by molar-refractivity contribution is 0.163. The number of likely N-dealkylation sites (N-methyl/N-ethyl adjacent to an activating group) is 1. The molecule has 0 radical (unpaired) electrons. The summed E-state index contributed by atoms with van der Waals surface area (Å²) in [6.45, 7) is 1.81. The van der Waals surface area contributed by atoms with Gasteiger partial charge in [0, 0.05) is 6.04 Å². The van der Waals surface area contributed by atoms with Crippen molar-refractivity contribution in [1.29, 1.82) is 0 Å². The first-order chi connectivity index (χ1) is 8.33. The lowest BCUT2D eigenvalue weighted by atomic mass is 10.2. The first-order valence-electron chi connectivity index (χ1n) is 6.01. The number of rotatable bonds is 3. The van der Waals surface area contributed by atoms with Crippen LogP contribution in [0.5, 0.6) is 6.08 Å². The molecule has 1 aromatic carbocycles. The van der Waals surface area contributed by atoms with E-state index in [2.05, 4.69) is 16.9 Å². The van der Waals surface area contributed by atoms with Gasteiger partial charge in [-0.2, -0.15) is 4.98 Å². The van der Waals surface area contributed by atoms with Crippen molar-refractivity contribution < 1.29 is 9.15 Å². The Hall–Kier alpha value is -1.55. The molecule has 0 aliphatic carbocycles. The molecular weight excluding hydrogens is 216 g/mol. The molecule has 90 valence electrons. The van der Waals surface area contributed by atoms with E-state index in [9.17, 15) is 0 Å². The van der Waals surface area contributed by atoms with E-state index in [1.807, 2.05) is 24.3 Å². The Labute approximate surface area is 100 Å². The minimum atomic E-state index is 0.381. The van der Waals surface area contributed by atoms with Crippen LogP contribution in [0.25, 0.3) is 11.1 Å². The number of hydrogen-bond acceptors (Lipinski definition) is 4. The van der Waals surface area contributed by atoms with Gasteiger partial charge in [0.15, 0.2) is 5.58 Å². The van der Waals surface area contributed by atoms with Crippen LogP contribution in [-0.2, 0) is 0 Å². The van der Waals surface area contributed by atoms with Gasteiger partial charge in [0.25, 0.3) is 0 Å². The average Bonchev–Trinajstić information content (AvgIpc) is 2.92. The average molecular weight is 232 g/mol. The molecule has 0 unspecified atom stereocenters. The topological polar surface area (TPSA) is 38.5 Å². The minimum Gasteiger partial charge on any atom is -0.449 e. The summed E-state index contributed by atoms with van der Waals surface area (Å²) in [4.78, 5) is 6.61. The SMILES string of the molecule is CN1CCC[C@@H]1COc1nc2ccccc2o1. The molecular formula is C13H16N2O2. The van der Waals surface area contributed by atoms with E-state index in [1.165, 1.54) is 12.8 Å². The Morgan fingerprint density at radius 3 is 3.12 bits per heavy atom. The highest BCUT2D eigenvalue weighted by Crippen LogP contribution is 2.21. The Bertz CT molecular complexity index is 476. The van der Waals surface area contributed by atoms with Gasteiger partial charge >= 0.3 is 6.08 Å². The summed E-state index contributed by atoms with van der Waals surface area (Å²) in [5.74, 6) is 0. The first-order valence-corrected chi connectivity index (χ1v) is 6.01. The molecule has 4 heteroatoms. The maximum Gasteiger partial charge on any atom is 0.394 e. The largest absolute Gasteiger partial charge is 0.449 e. The van der Waals surface area contributed by atoms with Gasteiger partial charge < -0.3 is 14.1 Å². The normalized spacial score (nSPS) is 21.1. The Morgan fingerprint density at radius 2 is 2.35 bits per heavy atom. The number of aromatic nitrogens is 1. The maximum absolute atomic E-state index is 5.63. The number of hydrogen-bond donors (Lipinski definition) is 0. The third kappa shape index (κ3) is 2.13. The fourth-order valence-electron chi connectivity index (χ4n) is 2.27. The van der Waals surface area contributed by atoms with Gasteiger partial charge in [0.2, 0.25) is 0 Å². The van der Waals surface area contributed by atoms with Crippen LogP contribution in [0.15, 0.2) is 28.7 Å². The van der Waals surface area contributed by atoms with E-state index in [4.69, 9.17) is 9.15 Å². The van der Waals surface area contributed by atoms with Crippen LogP contribution >= 0.6 is 0 Å². The second kappa shape index (κ2) is 4.37. The molecule has 1 aromatic heterocycles. The molecule has 1 aliphatic rings. The summed E-state index contributed by atoms with van der Waals surface area (Å²) in [5.41, 5.74) is 1.63. The number of oxazole rings is 1. The van der Waals surface area contributed by atoms with Gasteiger partial charge in [-0.05, 0) is 38.6 Å². The van der Waals surface area contributed by atoms with Crippen molar-refractivity contribution >= 4 is 11.1 Å². The zero-order chi connectivity index (χ0) is 11.7. The van der Waals surface area contributed by atoms with Crippen molar-refractivity contribution in [3.63, 3.8) is 0 Å². The summed E-state index contributed by atoms with van der Waals surface area (Å²) in [6.07, 6.45) is 2.82. The summed E-state index contributed by atoms with van der Waals surface area (Å²) in [7, 11) is 2.13. The van der Waals surface area contributed by atoms with Gasteiger partial charge in [0.05, 0.1) is 0 Å². The highest BCUT2D eigenvalue weighted by atomic mass is 16.6. The summed E-state index contributed by atoms with van der Waals surface area (Å²) >= 11 is 0. The lowest BCUT2D eigenvalue weighted by Gasteiger charge is -2.17. The van der Waals surface area contributed by atoms with E-state index in [0.717, 1.165) is 17.6 Å². The Morgan fingerprint density at radius 1 is 1.47 bits per heavy atom. The molecule has 2 heterocycles. The molecule has 1 fully saturated rings. The van der Waals surface area contributed by atoms with Crippen LogP contribution in [0.3, 0.4) is 0 Å². The molecule has 0 saturated carbocycles. The minimum absolute atomic E-state index is 0.381. The molecule has 3 rings (SSSR count). The third-order valence-electron chi connectivity index (χ3n) is 3.34. The first kappa shape index (κ1) is 10.6. The predicted octanol–water partition coefficient (Wildman–Crippen LogP) is 2.30. The van der Waals surface area contributed by atoms with Crippen LogP contribution in [0.2, 0.25) is 0 Å². The van der Waals surface area contributed by atoms with Gasteiger partial charge in [-0.3, -0.25) is 0 Å². The number of ether oxygens (including phenoxy) is 1. The zero-order valence-electron chi connectivity index (χ0n) is 9.93. The van der Waals surface area contributed by atoms with Crippen LogP contribution in [0.4, 0.5) is 0 Å². The zero-order valence-corrected chi connectivity index (χ0v) is 9.93. The Balaban J connectivity index is 1.68. The van der Waals surface area contributed by atoms with Gasteiger partial charge in [-0.1, -0.05) is 12.1 Å². The van der Waals surface area contributed by atoms with E-state index in [-0.39, 0.29) is 0 Å². The van der Waals surface area contributed by atoms with Crippen molar-refractivity contribution in [2.45, 2.75) is 18.9 Å². The predicted molar refractivity (Wildman–Crippen MR) is 65.2 cm³/mol. The molecule has 4 nitrogen and oxygen atoms in total. The second-order valence-corrected chi connectivity index (χ2v) is 4.54. The number of para-hydroxylation sites is 2. The van der Waals surface area contributed by atoms with Gasteiger partial charge in [-0.25, -0.2) is 0 Å².